The van der Waals surface area contributed by atoms with Gasteiger partial charge in [-0.25, -0.2) is 0 Å². The number of hydrogen-bond donors (Lipinski definition) is 1. The van der Waals surface area contributed by atoms with E-state index in [-0.39, 0.29) is 0 Å². The van der Waals surface area contributed by atoms with Crippen LogP contribution in [-0.2, 0) is 6.54 Å². The molecule has 3 rings (SSSR count). The highest BCUT2D eigenvalue weighted by molar-refractivity contribution is 6.28. The fourth-order valence-electron chi connectivity index (χ4n) is 1.66. The Labute approximate surface area is 102 Å². The fraction of sp³-hybridized carbons (Fsp3) is 0.0909. The summed E-state index contributed by atoms with van der Waals surface area (Å²) >= 11 is 5.74. The van der Waals surface area contributed by atoms with E-state index in [2.05, 4.69) is 10.2 Å². The van der Waals surface area contributed by atoms with E-state index in [1.54, 1.807) is 12.1 Å². The lowest BCUT2D eigenvalue weighted by molar-refractivity contribution is 0.578. The Morgan fingerprint density at radius 2 is 2.12 bits per heavy atom. The molecular formula is C11H9ClN4O. The molecule has 0 aromatic carbocycles. The molecule has 0 aliphatic carbocycles. The summed E-state index contributed by atoms with van der Waals surface area (Å²) in [5.41, 5.74) is 7.34. The molecular weight excluding hydrogens is 240 g/mol. The van der Waals surface area contributed by atoms with Crippen molar-refractivity contribution in [2.45, 2.75) is 6.54 Å². The highest BCUT2D eigenvalue weighted by atomic mass is 35.5. The Bertz CT molecular complexity index is 673. The number of nitrogens with zero attached hydrogens (tertiary/aromatic N) is 3. The van der Waals surface area contributed by atoms with Crippen molar-refractivity contribution in [3.8, 4) is 11.6 Å². The Kier molecular flexibility index (Phi) is 2.35. The van der Waals surface area contributed by atoms with Gasteiger partial charge >= 0.3 is 0 Å². The molecule has 86 valence electrons. The number of pyridine rings is 1. The molecule has 0 saturated carbocycles. The zero-order valence-electron chi connectivity index (χ0n) is 8.80. The Morgan fingerprint density at radius 1 is 1.24 bits per heavy atom. The van der Waals surface area contributed by atoms with Crippen molar-refractivity contribution in [1.29, 1.82) is 0 Å². The smallest absolute Gasteiger partial charge is 0.204 e. The summed E-state index contributed by atoms with van der Waals surface area (Å²) in [4.78, 5) is 0. The van der Waals surface area contributed by atoms with Gasteiger partial charge in [-0.3, -0.25) is 4.40 Å². The highest BCUT2D eigenvalue weighted by Gasteiger charge is 2.11. The molecule has 6 heteroatoms. The van der Waals surface area contributed by atoms with Crippen molar-refractivity contribution in [3.05, 3.63) is 41.2 Å². The van der Waals surface area contributed by atoms with Crippen molar-refractivity contribution >= 4 is 17.2 Å². The molecule has 0 fully saturated rings. The summed E-state index contributed by atoms with van der Waals surface area (Å²) in [6.45, 7) is 0.465. The third kappa shape index (κ3) is 1.69. The average molecular weight is 249 g/mol. The normalized spacial score (nSPS) is 11.2. The van der Waals surface area contributed by atoms with Crippen LogP contribution in [0.15, 0.2) is 34.9 Å². The van der Waals surface area contributed by atoms with E-state index in [0.717, 1.165) is 11.2 Å². The van der Waals surface area contributed by atoms with Crippen molar-refractivity contribution < 1.29 is 4.42 Å². The molecule has 3 aromatic heterocycles. The van der Waals surface area contributed by atoms with Gasteiger partial charge in [0.1, 0.15) is 0 Å². The second-order valence-corrected chi connectivity index (χ2v) is 3.97. The van der Waals surface area contributed by atoms with E-state index in [9.17, 15) is 0 Å². The van der Waals surface area contributed by atoms with Crippen LogP contribution in [-0.4, -0.2) is 14.6 Å². The molecule has 0 spiro atoms. The van der Waals surface area contributed by atoms with E-state index >= 15 is 0 Å². The number of fused-ring (bicyclic) bond motifs is 1. The van der Waals surface area contributed by atoms with Crippen LogP contribution in [0.3, 0.4) is 0 Å². The third-order valence-electron chi connectivity index (χ3n) is 2.49. The molecule has 17 heavy (non-hydrogen) atoms. The van der Waals surface area contributed by atoms with Gasteiger partial charge in [0.25, 0.3) is 0 Å². The summed E-state index contributed by atoms with van der Waals surface area (Å²) < 4.78 is 7.15. The maximum atomic E-state index is 5.74. The molecule has 0 aliphatic rings. The van der Waals surface area contributed by atoms with Crippen molar-refractivity contribution in [2.24, 2.45) is 5.73 Å². The van der Waals surface area contributed by atoms with E-state index < -0.39 is 0 Å². The van der Waals surface area contributed by atoms with Crippen LogP contribution in [0, 0.1) is 0 Å². The Morgan fingerprint density at radius 3 is 2.82 bits per heavy atom. The van der Waals surface area contributed by atoms with Gasteiger partial charge < -0.3 is 10.2 Å². The number of nitrogens with two attached hydrogens (primary N) is 1. The van der Waals surface area contributed by atoms with Crippen LogP contribution in [0.25, 0.3) is 17.2 Å². The molecule has 0 saturated heterocycles. The molecule has 0 aliphatic heterocycles. The number of furan rings is 1. The lowest BCUT2D eigenvalue weighted by Gasteiger charge is -1.99. The lowest BCUT2D eigenvalue weighted by Crippen LogP contribution is -1.98. The van der Waals surface area contributed by atoms with Gasteiger partial charge in [0.2, 0.25) is 5.82 Å². The van der Waals surface area contributed by atoms with E-state index in [4.69, 9.17) is 21.8 Å². The third-order valence-corrected chi connectivity index (χ3v) is 2.70. The van der Waals surface area contributed by atoms with Crippen LogP contribution >= 0.6 is 11.6 Å². The molecule has 0 amide bonds. The largest absolute Gasteiger partial charge is 0.441 e. The first-order valence-corrected chi connectivity index (χ1v) is 5.45. The van der Waals surface area contributed by atoms with Gasteiger partial charge in [0.05, 0.1) is 0 Å². The Hall–Kier alpha value is -1.85. The van der Waals surface area contributed by atoms with Crippen LogP contribution < -0.4 is 5.73 Å². The van der Waals surface area contributed by atoms with Crippen molar-refractivity contribution in [3.63, 3.8) is 0 Å². The van der Waals surface area contributed by atoms with Gasteiger partial charge in [-0.05, 0) is 35.4 Å². The molecule has 5 nitrogen and oxygen atoms in total. The quantitative estimate of drug-likeness (QED) is 0.754. The van der Waals surface area contributed by atoms with Gasteiger partial charge in [0.15, 0.2) is 16.6 Å². The van der Waals surface area contributed by atoms with Crippen LogP contribution in [0.5, 0.6) is 0 Å². The van der Waals surface area contributed by atoms with Crippen LogP contribution in [0.2, 0.25) is 5.22 Å². The van der Waals surface area contributed by atoms with Crippen molar-refractivity contribution in [1.82, 2.24) is 14.6 Å². The standard InChI is InChI=1S/C11H9ClN4O/c12-9-3-2-8(17-9)11-15-14-10-4-1-7(5-13)6-16(10)11/h1-4,6H,5,13H2. The fourth-order valence-corrected chi connectivity index (χ4v) is 1.80. The van der Waals surface area contributed by atoms with Gasteiger partial charge in [-0.1, -0.05) is 6.07 Å². The minimum atomic E-state index is 0.326. The monoisotopic (exact) mass is 248 g/mol. The van der Waals surface area contributed by atoms with Crippen LogP contribution in [0.4, 0.5) is 0 Å². The molecule has 0 radical (unpaired) electrons. The first-order chi connectivity index (χ1) is 8.28. The topological polar surface area (TPSA) is 69.3 Å². The summed E-state index contributed by atoms with van der Waals surface area (Å²) in [5.74, 6) is 1.19. The summed E-state index contributed by atoms with van der Waals surface area (Å²) in [7, 11) is 0. The molecule has 3 aromatic rings. The maximum absolute atomic E-state index is 5.74. The first-order valence-electron chi connectivity index (χ1n) is 5.07. The zero-order chi connectivity index (χ0) is 11.8. The van der Waals surface area contributed by atoms with E-state index in [0.29, 0.717) is 23.3 Å². The molecule has 0 bridgehead atoms. The highest BCUT2D eigenvalue weighted by Crippen LogP contribution is 2.23. The number of rotatable bonds is 2. The minimum Gasteiger partial charge on any atom is -0.441 e. The second kappa shape index (κ2) is 3.87. The van der Waals surface area contributed by atoms with Gasteiger partial charge in [-0.2, -0.15) is 0 Å². The van der Waals surface area contributed by atoms with Gasteiger partial charge in [0, 0.05) is 12.7 Å². The average Bonchev–Trinajstić information content (AvgIpc) is 2.93. The second-order valence-electron chi connectivity index (χ2n) is 3.60. The zero-order valence-corrected chi connectivity index (χ0v) is 9.55. The molecule has 3 heterocycles. The van der Waals surface area contributed by atoms with Gasteiger partial charge in [-0.15, -0.1) is 10.2 Å². The maximum Gasteiger partial charge on any atom is 0.204 e. The Balaban J connectivity index is 2.22. The molecule has 2 N–H and O–H groups in total. The summed E-state index contributed by atoms with van der Waals surface area (Å²) in [5, 5.41) is 8.45. The summed E-state index contributed by atoms with van der Waals surface area (Å²) in [6, 6.07) is 7.21. The van der Waals surface area contributed by atoms with Crippen LogP contribution in [0.1, 0.15) is 5.56 Å². The minimum absolute atomic E-state index is 0.326. The predicted molar refractivity (Wildman–Crippen MR) is 63.6 cm³/mol. The first kappa shape index (κ1) is 10.3. The number of halogens is 1. The SMILES string of the molecule is NCc1ccc2nnc(-c3ccc(Cl)o3)n2c1. The predicted octanol–water partition coefficient (Wildman–Crippen LogP) is 2.10. The van der Waals surface area contributed by atoms with E-state index in [1.807, 2.05) is 22.7 Å². The molecule has 0 unspecified atom stereocenters. The number of aromatic nitrogens is 3. The van der Waals surface area contributed by atoms with E-state index in [1.165, 1.54) is 0 Å². The summed E-state index contributed by atoms with van der Waals surface area (Å²) in [6.07, 6.45) is 1.89. The van der Waals surface area contributed by atoms with Crippen molar-refractivity contribution in [2.75, 3.05) is 0 Å². The molecule has 0 atom stereocenters. The number of hydrogen-bond acceptors (Lipinski definition) is 4. The lowest BCUT2D eigenvalue weighted by atomic mass is 10.3.